The van der Waals surface area contributed by atoms with Crippen LogP contribution in [-0.2, 0) is 4.79 Å². The predicted molar refractivity (Wildman–Crippen MR) is 91.7 cm³/mol. The average Bonchev–Trinajstić information content (AvgIpc) is 2.99. The maximum absolute atomic E-state index is 12.3. The fourth-order valence-electron chi connectivity index (χ4n) is 3.99. The van der Waals surface area contributed by atoms with Gasteiger partial charge in [0, 0.05) is 35.7 Å². The number of amides is 1. The Balaban J connectivity index is 1.97. The summed E-state index contributed by atoms with van der Waals surface area (Å²) in [5.41, 5.74) is 1.27. The zero-order valence-electron chi connectivity index (χ0n) is 14.0. The van der Waals surface area contributed by atoms with Crippen molar-refractivity contribution in [2.75, 3.05) is 6.54 Å². The predicted octanol–water partition coefficient (Wildman–Crippen LogP) is 3.94. The summed E-state index contributed by atoms with van der Waals surface area (Å²) < 4.78 is 6.31. The summed E-state index contributed by atoms with van der Waals surface area (Å²) in [5, 5.41) is 11.4. The zero-order valence-corrected chi connectivity index (χ0v) is 14.0. The summed E-state index contributed by atoms with van der Waals surface area (Å²) in [6.45, 7) is 4.92. The minimum atomic E-state index is -0.350. The Hall–Kier alpha value is -2.54. The third kappa shape index (κ3) is 2.24. The SMILES string of the molecule is CC1(C)CC(N2CCCC2=O)c2cc(C#N)c3ccccc3c2O1. The summed E-state index contributed by atoms with van der Waals surface area (Å²) in [4.78, 5) is 14.3. The summed E-state index contributed by atoms with van der Waals surface area (Å²) in [6, 6.07) is 12.1. The lowest BCUT2D eigenvalue weighted by Gasteiger charge is -2.42. The first-order chi connectivity index (χ1) is 11.5. The monoisotopic (exact) mass is 320 g/mol. The molecule has 1 unspecified atom stereocenters. The zero-order chi connectivity index (χ0) is 16.9. The Kier molecular flexibility index (Phi) is 3.28. The lowest BCUT2D eigenvalue weighted by molar-refractivity contribution is -0.131. The van der Waals surface area contributed by atoms with E-state index in [1.54, 1.807) is 0 Å². The number of fused-ring (bicyclic) bond motifs is 3. The van der Waals surface area contributed by atoms with Gasteiger partial charge in [-0.1, -0.05) is 24.3 Å². The number of benzene rings is 2. The molecule has 0 spiro atoms. The maximum atomic E-state index is 12.3. The number of nitrogens with zero attached hydrogens (tertiary/aromatic N) is 2. The van der Waals surface area contributed by atoms with Crippen molar-refractivity contribution in [3.05, 3.63) is 41.5 Å². The Morgan fingerprint density at radius 3 is 2.71 bits per heavy atom. The first kappa shape index (κ1) is 15.0. The largest absolute Gasteiger partial charge is 0.487 e. The molecule has 1 atom stereocenters. The highest BCUT2D eigenvalue weighted by Gasteiger charge is 2.40. The second-order valence-electron chi connectivity index (χ2n) is 7.27. The van der Waals surface area contributed by atoms with Crippen LogP contribution in [0.5, 0.6) is 5.75 Å². The smallest absolute Gasteiger partial charge is 0.223 e. The minimum Gasteiger partial charge on any atom is -0.487 e. The molecule has 1 fully saturated rings. The van der Waals surface area contributed by atoms with Crippen molar-refractivity contribution in [1.82, 2.24) is 4.90 Å². The van der Waals surface area contributed by atoms with Gasteiger partial charge in [0.05, 0.1) is 17.7 Å². The first-order valence-electron chi connectivity index (χ1n) is 8.44. The van der Waals surface area contributed by atoms with E-state index in [9.17, 15) is 10.1 Å². The van der Waals surface area contributed by atoms with E-state index in [4.69, 9.17) is 4.74 Å². The number of carbonyl (C=O) groups is 1. The number of nitriles is 1. The van der Waals surface area contributed by atoms with Gasteiger partial charge >= 0.3 is 0 Å². The Morgan fingerprint density at radius 2 is 2.04 bits per heavy atom. The van der Waals surface area contributed by atoms with Gasteiger partial charge in [-0.25, -0.2) is 0 Å². The van der Waals surface area contributed by atoms with Gasteiger partial charge in [0.25, 0.3) is 0 Å². The Labute approximate surface area is 141 Å². The molecule has 24 heavy (non-hydrogen) atoms. The van der Waals surface area contributed by atoms with Crippen LogP contribution >= 0.6 is 0 Å². The van der Waals surface area contributed by atoms with E-state index in [1.165, 1.54) is 0 Å². The average molecular weight is 320 g/mol. The van der Waals surface area contributed by atoms with Gasteiger partial charge in [0.1, 0.15) is 11.4 Å². The molecule has 2 aliphatic rings. The molecule has 2 heterocycles. The molecule has 4 nitrogen and oxygen atoms in total. The number of hydrogen-bond donors (Lipinski definition) is 0. The molecule has 4 rings (SSSR count). The van der Waals surface area contributed by atoms with Gasteiger partial charge in [0.2, 0.25) is 5.91 Å². The molecule has 0 saturated carbocycles. The highest BCUT2D eigenvalue weighted by atomic mass is 16.5. The fraction of sp³-hybridized carbons (Fsp3) is 0.400. The van der Waals surface area contributed by atoms with Crippen molar-refractivity contribution < 1.29 is 9.53 Å². The van der Waals surface area contributed by atoms with Crippen molar-refractivity contribution >= 4 is 16.7 Å². The molecule has 2 aromatic carbocycles. The van der Waals surface area contributed by atoms with Crippen LogP contribution in [-0.4, -0.2) is 23.0 Å². The van der Waals surface area contributed by atoms with Gasteiger partial charge in [-0.3, -0.25) is 4.79 Å². The molecular formula is C20H20N2O2. The first-order valence-corrected chi connectivity index (χ1v) is 8.44. The molecule has 4 heteroatoms. The normalized spacial score (nSPS) is 22.1. The standard InChI is InChI=1S/C20H20N2O2/c1-20(2)11-17(22-9-5-8-18(22)23)16-10-13(12-21)14-6-3-4-7-15(14)19(16)24-20/h3-4,6-7,10,17H,5,8-9,11H2,1-2H3. The summed E-state index contributed by atoms with van der Waals surface area (Å²) in [7, 11) is 0. The third-order valence-electron chi connectivity index (χ3n) is 5.05. The highest BCUT2D eigenvalue weighted by molar-refractivity contribution is 5.94. The minimum absolute atomic E-state index is 0.0181. The van der Waals surface area contributed by atoms with Crippen LogP contribution in [0.15, 0.2) is 30.3 Å². The van der Waals surface area contributed by atoms with Crippen molar-refractivity contribution in [2.45, 2.75) is 44.8 Å². The van der Waals surface area contributed by atoms with E-state index in [1.807, 2.05) is 35.2 Å². The van der Waals surface area contributed by atoms with Crippen LogP contribution in [0.3, 0.4) is 0 Å². The maximum Gasteiger partial charge on any atom is 0.223 e. The van der Waals surface area contributed by atoms with E-state index in [0.29, 0.717) is 12.0 Å². The van der Waals surface area contributed by atoms with Crippen LogP contribution < -0.4 is 4.74 Å². The van der Waals surface area contributed by atoms with Crippen LogP contribution in [0.4, 0.5) is 0 Å². The molecule has 1 amide bonds. The van der Waals surface area contributed by atoms with Gasteiger partial charge in [-0.05, 0) is 26.3 Å². The highest BCUT2D eigenvalue weighted by Crippen LogP contribution is 2.47. The molecule has 0 bridgehead atoms. The summed E-state index contributed by atoms with van der Waals surface area (Å²) in [6.07, 6.45) is 2.27. The topological polar surface area (TPSA) is 53.3 Å². The van der Waals surface area contributed by atoms with Crippen LogP contribution in [0, 0.1) is 11.3 Å². The molecule has 0 aliphatic carbocycles. The number of hydrogen-bond acceptors (Lipinski definition) is 3. The molecule has 2 aliphatic heterocycles. The van der Waals surface area contributed by atoms with E-state index in [-0.39, 0.29) is 17.6 Å². The second kappa shape index (κ2) is 5.24. The third-order valence-corrected chi connectivity index (χ3v) is 5.05. The fourth-order valence-corrected chi connectivity index (χ4v) is 3.99. The molecule has 0 N–H and O–H groups in total. The van der Waals surface area contributed by atoms with Crippen LogP contribution in [0.1, 0.15) is 50.3 Å². The molecular weight excluding hydrogens is 300 g/mol. The van der Waals surface area contributed by atoms with E-state index in [0.717, 1.165) is 41.5 Å². The van der Waals surface area contributed by atoms with E-state index in [2.05, 4.69) is 19.9 Å². The number of rotatable bonds is 1. The summed E-state index contributed by atoms with van der Waals surface area (Å²) >= 11 is 0. The quantitative estimate of drug-likeness (QED) is 0.800. The van der Waals surface area contributed by atoms with Gasteiger partial charge in [0.15, 0.2) is 0 Å². The Morgan fingerprint density at radius 1 is 1.29 bits per heavy atom. The number of likely N-dealkylation sites (tertiary alicyclic amines) is 1. The lowest BCUT2D eigenvalue weighted by Crippen LogP contribution is -2.42. The molecule has 0 aromatic heterocycles. The molecule has 0 radical (unpaired) electrons. The lowest BCUT2D eigenvalue weighted by atomic mass is 9.86. The number of ether oxygens (including phenoxy) is 1. The van der Waals surface area contributed by atoms with Crippen molar-refractivity contribution in [1.29, 1.82) is 5.26 Å². The molecule has 2 aromatic rings. The van der Waals surface area contributed by atoms with Crippen molar-refractivity contribution in [2.24, 2.45) is 0 Å². The number of carbonyl (C=O) groups excluding carboxylic acids is 1. The Bertz CT molecular complexity index is 879. The molecule has 1 saturated heterocycles. The van der Waals surface area contributed by atoms with Gasteiger partial charge < -0.3 is 9.64 Å². The van der Waals surface area contributed by atoms with E-state index >= 15 is 0 Å². The van der Waals surface area contributed by atoms with Crippen LogP contribution in [0.25, 0.3) is 10.8 Å². The van der Waals surface area contributed by atoms with Crippen LogP contribution in [0.2, 0.25) is 0 Å². The van der Waals surface area contributed by atoms with Crippen molar-refractivity contribution in [3.63, 3.8) is 0 Å². The van der Waals surface area contributed by atoms with Crippen molar-refractivity contribution in [3.8, 4) is 11.8 Å². The van der Waals surface area contributed by atoms with Gasteiger partial charge in [-0.2, -0.15) is 5.26 Å². The molecule has 122 valence electrons. The second-order valence-corrected chi connectivity index (χ2v) is 7.27. The van der Waals surface area contributed by atoms with E-state index < -0.39 is 0 Å². The van der Waals surface area contributed by atoms with Gasteiger partial charge in [-0.15, -0.1) is 0 Å². The summed E-state index contributed by atoms with van der Waals surface area (Å²) in [5.74, 6) is 1.03.